The molecule has 2 N–H and O–H groups in total. The van der Waals surface area contributed by atoms with Crippen molar-refractivity contribution in [2.24, 2.45) is 5.92 Å². The summed E-state index contributed by atoms with van der Waals surface area (Å²) in [6.07, 6.45) is 6.96. The van der Waals surface area contributed by atoms with E-state index in [9.17, 15) is 14.4 Å². The topological polar surface area (TPSA) is 106 Å². The van der Waals surface area contributed by atoms with Crippen LogP contribution in [0.4, 0.5) is 0 Å². The summed E-state index contributed by atoms with van der Waals surface area (Å²) >= 11 is 0. The highest BCUT2D eigenvalue weighted by molar-refractivity contribution is 6.48. The van der Waals surface area contributed by atoms with Crippen LogP contribution in [0.25, 0.3) is 0 Å². The van der Waals surface area contributed by atoms with Gasteiger partial charge < -0.3 is 29.6 Å². The van der Waals surface area contributed by atoms with Crippen molar-refractivity contribution in [3.8, 4) is 0 Å². The largest absolute Gasteiger partial charge is 0.481 e. The molecule has 2 heterocycles. The molecule has 2 atom stereocenters. The summed E-state index contributed by atoms with van der Waals surface area (Å²) < 4.78 is 18.1. The normalized spacial score (nSPS) is 22.1. The Kier molecular flexibility index (Phi) is 10.9. The lowest BCUT2D eigenvalue weighted by Crippen LogP contribution is -2.56. The van der Waals surface area contributed by atoms with E-state index in [4.69, 9.17) is 14.0 Å². The zero-order chi connectivity index (χ0) is 29.5. The molecule has 0 spiro atoms. The van der Waals surface area contributed by atoms with Crippen molar-refractivity contribution in [3.05, 3.63) is 35.9 Å². The SMILES string of the molecule is CC1(C)OB([C@H](CCCc2ccccc2)NC(=O)[C@@H](CC(=O)N2CCOCC2)NC(=O)C2CCCCC2)OC1(C)C. The van der Waals surface area contributed by atoms with Crippen molar-refractivity contribution in [1.82, 2.24) is 15.5 Å². The summed E-state index contributed by atoms with van der Waals surface area (Å²) in [6, 6.07) is 9.25. The minimum Gasteiger partial charge on any atom is -0.402 e. The van der Waals surface area contributed by atoms with Crippen molar-refractivity contribution < 1.29 is 28.4 Å². The Bertz CT molecular complexity index is 976. The fourth-order valence-electron chi connectivity index (χ4n) is 5.76. The van der Waals surface area contributed by atoms with E-state index in [-0.39, 0.29) is 30.1 Å². The number of carbonyl (C=O) groups excluding carboxylic acids is 3. The van der Waals surface area contributed by atoms with Crippen LogP contribution in [0, 0.1) is 5.92 Å². The lowest BCUT2D eigenvalue weighted by molar-refractivity contribution is -0.139. The Morgan fingerprint density at radius 1 is 0.951 bits per heavy atom. The first-order chi connectivity index (χ1) is 19.6. The first-order valence-corrected chi connectivity index (χ1v) is 15.4. The molecule has 0 radical (unpaired) electrons. The molecule has 0 aromatic heterocycles. The number of hydrogen-bond acceptors (Lipinski definition) is 6. The third kappa shape index (κ3) is 8.55. The van der Waals surface area contributed by atoms with Crippen molar-refractivity contribution in [2.75, 3.05) is 26.3 Å². The van der Waals surface area contributed by atoms with E-state index in [1.165, 1.54) is 5.56 Å². The van der Waals surface area contributed by atoms with Gasteiger partial charge in [0.05, 0.1) is 36.8 Å². The number of rotatable bonds is 11. The molecule has 1 aromatic rings. The minimum absolute atomic E-state index is 0.0929. The molecule has 1 saturated carbocycles. The van der Waals surface area contributed by atoms with Gasteiger partial charge in [-0.25, -0.2) is 0 Å². The molecule has 3 aliphatic rings. The van der Waals surface area contributed by atoms with Gasteiger partial charge in [0.1, 0.15) is 6.04 Å². The maximum absolute atomic E-state index is 13.9. The molecule has 226 valence electrons. The van der Waals surface area contributed by atoms with Crippen LogP contribution in [-0.4, -0.2) is 79.2 Å². The van der Waals surface area contributed by atoms with Gasteiger partial charge in [0.25, 0.3) is 0 Å². The van der Waals surface area contributed by atoms with Crippen LogP contribution in [0.2, 0.25) is 0 Å². The van der Waals surface area contributed by atoms with E-state index in [1.807, 2.05) is 45.9 Å². The van der Waals surface area contributed by atoms with Gasteiger partial charge in [-0.15, -0.1) is 0 Å². The minimum atomic E-state index is -0.973. The molecular formula is C31H48BN3O6. The molecule has 2 saturated heterocycles. The molecule has 1 aromatic carbocycles. The standard InChI is InChI=1S/C31H48BN3O6/c1-30(2)31(3,4)41-32(40-30)26(17-11-14-23-12-7-5-8-13-23)34-29(38)25(22-27(36)35-18-20-39-21-19-35)33-28(37)24-15-9-6-10-16-24/h5,7-8,12-13,24-26H,6,9-11,14-22H2,1-4H3,(H,33,37)(H,34,38)/t25-,26+/m1/s1. The maximum atomic E-state index is 13.9. The van der Waals surface area contributed by atoms with Gasteiger partial charge in [-0.3, -0.25) is 14.4 Å². The summed E-state index contributed by atoms with van der Waals surface area (Å²) in [7, 11) is -0.649. The van der Waals surface area contributed by atoms with Gasteiger partial charge in [0.15, 0.2) is 0 Å². The van der Waals surface area contributed by atoms with Gasteiger partial charge in [0.2, 0.25) is 17.7 Å². The van der Waals surface area contributed by atoms with Crippen LogP contribution in [0.3, 0.4) is 0 Å². The Labute approximate surface area is 245 Å². The zero-order valence-electron chi connectivity index (χ0n) is 25.3. The second-order valence-electron chi connectivity index (χ2n) is 12.7. The first kappa shape index (κ1) is 31.5. The molecule has 41 heavy (non-hydrogen) atoms. The van der Waals surface area contributed by atoms with Gasteiger partial charge in [0, 0.05) is 19.0 Å². The van der Waals surface area contributed by atoms with Crippen molar-refractivity contribution in [2.45, 2.75) is 109 Å². The first-order valence-electron chi connectivity index (χ1n) is 15.4. The van der Waals surface area contributed by atoms with Gasteiger partial charge >= 0.3 is 7.12 Å². The third-order valence-electron chi connectivity index (χ3n) is 9.10. The van der Waals surface area contributed by atoms with Crippen LogP contribution in [0.5, 0.6) is 0 Å². The molecule has 10 heteroatoms. The highest BCUT2D eigenvalue weighted by atomic mass is 16.7. The molecule has 9 nitrogen and oxygen atoms in total. The van der Waals surface area contributed by atoms with Crippen LogP contribution in [0.15, 0.2) is 30.3 Å². The van der Waals surface area contributed by atoms with Gasteiger partial charge in [-0.1, -0.05) is 49.6 Å². The lowest BCUT2D eigenvalue weighted by Gasteiger charge is -2.32. The Morgan fingerprint density at radius 3 is 2.22 bits per heavy atom. The number of nitrogens with zero attached hydrogens (tertiary/aromatic N) is 1. The molecule has 2 aliphatic heterocycles. The van der Waals surface area contributed by atoms with Gasteiger partial charge in [-0.05, 0) is 65.4 Å². The summed E-state index contributed by atoms with van der Waals surface area (Å²) in [5, 5.41) is 6.09. The number of hydrogen-bond donors (Lipinski definition) is 2. The highest BCUT2D eigenvalue weighted by Crippen LogP contribution is 2.38. The molecule has 0 unspecified atom stereocenters. The van der Waals surface area contributed by atoms with Crippen LogP contribution in [0.1, 0.15) is 84.6 Å². The average Bonchev–Trinajstić information content (AvgIpc) is 3.19. The summed E-state index contributed by atoms with van der Waals surface area (Å²) in [4.78, 5) is 42.0. The predicted octanol–water partition coefficient (Wildman–Crippen LogP) is 3.44. The molecule has 3 amide bonds. The Balaban J connectivity index is 1.48. The van der Waals surface area contributed by atoms with E-state index in [1.54, 1.807) is 4.90 Å². The zero-order valence-corrected chi connectivity index (χ0v) is 25.3. The van der Waals surface area contributed by atoms with Crippen LogP contribution in [-0.2, 0) is 34.9 Å². The number of aryl methyl sites for hydroxylation is 1. The van der Waals surface area contributed by atoms with Crippen molar-refractivity contribution in [1.29, 1.82) is 0 Å². The molecule has 0 bridgehead atoms. The number of amides is 3. The Morgan fingerprint density at radius 2 is 1.59 bits per heavy atom. The number of morpholine rings is 1. The third-order valence-corrected chi connectivity index (χ3v) is 9.10. The lowest BCUT2D eigenvalue weighted by atomic mass is 9.75. The van der Waals surface area contributed by atoms with Crippen molar-refractivity contribution >= 4 is 24.8 Å². The number of benzene rings is 1. The maximum Gasteiger partial charge on any atom is 0.481 e. The average molecular weight is 570 g/mol. The monoisotopic (exact) mass is 569 g/mol. The quantitative estimate of drug-likeness (QED) is 0.396. The summed E-state index contributed by atoms with van der Waals surface area (Å²) in [5.41, 5.74) is 0.113. The second-order valence-corrected chi connectivity index (χ2v) is 12.7. The summed E-state index contributed by atoms with van der Waals surface area (Å²) in [6.45, 7) is 9.88. The molecule has 1 aliphatic carbocycles. The number of nitrogens with one attached hydrogen (secondary N) is 2. The van der Waals surface area contributed by atoms with E-state index >= 15 is 0 Å². The number of ether oxygens (including phenoxy) is 1. The van der Waals surface area contributed by atoms with Crippen LogP contribution < -0.4 is 10.6 Å². The molecule has 3 fully saturated rings. The van der Waals surface area contributed by atoms with E-state index < -0.39 is 30.3 Å². The van der Waals surface area contributed by atoms with Crippen molar-refractivity contribution in [3.63, 3.8) is 0 Å². The predicted molar refractivity (Wildman–Crippen MR) is 158 cm³/mol. The van der Waals surface area contributed by atoms with E-state index in [0.29, 0.717) is 32.7 Å². The number of carbonyl (C=O) groups is 3. The molecule has 4 rings (SSSR count). The highest BCUT2D eigenvalue weighted by Gasteiger charge is 2.54. The fourth-order valence-corrected chi connectivity index (χ4v) is 5.76. The van der Waals surface area contributed by atoms with Gasteiger partial charge in [-0.2, -0.15) is 0 Å². The van der Waals surface area contributed by atoms with E-state index in [0.717, 1.165) is 44.9 Å². The fraction of sp³-hybridized carbons (Fsp3) is 0.710. The Hall–Kier alpha value is -2.43. The second kappa shape index (κ2) is 14.2. The molecular weight excluding hydrogens is 521 g/mol. The summed E-state index contributed by atoms with van der Waals surface area (Å²) in [5.74, 6) is -1.25. The smallest absolute Gasteiger partial charge is 0.402 e. The van der Waals surface area contributed by atoms with E-state index in [2.05, 4.69) is 22.8 Å². The van der Waals surface area contributed by atoms with Crippen LogP contribution >= 0.6 is 0 Å².